The van der Waals surface area contributed by atoms with Crippen molar-refractivity contribution in [1.29, 1.82) is 0 Å². The average molecular weight is 246 g/mol. The molecule has 0 saturated carbocycles. The van der Waals surface area contributed by atoms with Crippen molar-refractivity contribution in [3.05, 3.63) is 47.5 Å². The Hall–Kier alpha value is -1.61. The number of benzene rings is 2. The first-order valence-electron chi connectivity index (χ1n) is 5.33. The van der Waals surface area contributed by atoms with Gasteiger partial charge in [0.05, 0.1) is 0 Å². The summed E-state index contributed by atoms with van der Waals surface area (Å²) in [5.41, 5.74) is 1.76. The van der Waals surface area contributed by atoms with E-state index in [1.54, 1.807) is 23.9 Å². The molecule has 2 rings (SSSR count). The number of hydrogen-bond acceptors (Lipinski definition) is 3. The van der Waals surface area contributed by atoms with Crippen molar-refractivity contribution in [2.75, 3.05) is 0 Å². The number of aromatic hydroxyl groups is 2. The molecule has 0 aromatic heterocycles. The Morgan fingerprint density at radius 3 is 1.88 bits per heavy atom. The standard InChI is InChI=1S/C14H14O2S/c1-9-7-13(8-10(2)14(9)16)17-12-5-3-11(15)4-6-12/h3-8,15-16H,1-2H3. The molecule has 0 spiro atoms. The molecule has 0 fully saturated rings. The SMILES string of the molecule is Cc1cc(Sc2ccc(O)cc2)cc(C)c1O. The third-order valence-corrected chi connectivity index (χ3v) is 3.52. The summed E-state index contributed by atoms with van der Waals surface area (Å²) < 4.78 is 0. The molecule has 88 valence electrons. The van der Waals surface area contributed by atoms with Gasteiger partial charge in [-0.3, -0.25) is 0 Å². The zero-order chi connectivity index (χ0) is 12.4. The second-order valence-corrected chi connectivity index (χ2v) is 5.15. The number of aryl methyl sites for hydroxylation is 2. The van der Waals surface area contributed by atoms with Crippen molar-refractivity contribution in [3.63, 3.8) is 0 Å². The van der Waals surface area contributed by atoms with Gasteiger partial charge in [-0.1, -0.05) is 11.8 Å². The summed E-state index contributed by atoms with van der Waals surface area (Å²) in [7, 11) is 0. The van der Waals surface area contributed by atoms with Crippen LogP contribution in [0.5, 0.6) is 11.5 Å². The van der Waals surface area contributed by atoms with Crippen molar-refractivity contribution in [1.82, 2.24) is 0 Å². The third-order valence-electron chi connectivity index (χ3n) is 2.54. The van der Waals surface area contributed by atoms with E-state index in [-0.39, 0.29) is 5.75 Å². The largest absolute Gasteiger partial charge is 0.508 e. The molecule has 0 saturated heterocycles. The van der Waals surface area contributed by atoms with Crippen molar-refractivity contribution >= 4 is 11.8 Å². The van der Waals surface area contributed by atoms with Gasteiger partial charge in [-0.05, 0) is 61.4 Å². The van der Waals surface area contributed by atoms with E-state index in [0.717, 1.165) is 20.9 Å². The fraction of sp³-hybridized carbons (Fsp3) is 0.143. The van der Waals surface area contributed by atoms with E-state index in [1.165, 1.54) is 0 Å². The first-order chi connectivity index (χ1) is 8.06. The minimum atomic E-state index is 0.271. The van der Waals surface area contributed by atoms with Gasteiger partial charge in [0.2, 0.25) is 0 Å². The Bertz CT molecular complexity index is 509. The zero-order valence-electron chi connectivity index (χ0n) is 9.77. The highest BCUT2D eigenvalue weighted by atomic mass is 32.2. The number of phenolic OH excluding ortho intramolecular Hbond substituents is 2. The molecule has 0 aliphatic rings. The summed E-state index contributed by atoms with van der Waals surface area (Å²) in [4.78, 5) is 2.15. The van der Waals surface area contributed by atoms with E-state index >= 15 is 0 Å². The minimum Gasteiger partial charge on any atom is -0.508 e. The first kappa shape index (κ1) is 11.9. The normalized spacial score (nSPS) is 10.5. The van der Waals surface area contributed by atoms with Gasteiger partial charge in [-0.15, -0.1) is 0 Å². The molecule has 0 unspecified atom stereocenters. The van der Waals surface area contributed by atoms with Gasteiger partial charge in [-0.2, -0.15) is 0 Å². The van der Waals surface area contributed by atoms with Gasteiger partial charge in [0.1, 0.15) is 11.5 Å². The van der Waals surface area contributed by atoms with Crippen molar-refractivity contribution < 1.29 is 10.2 Å². The number of hydrogen-bond donors (Lipinski definition) is 2. The fourth-order valence-electron chi connectivity index (χ4n) is 1.63. The molecule has 0 aliphatic carbocycles. The van der Waals surface area contributed by atoms with Crippen LogP contribution in [0.25, 0.3) is 0 Å². The van der Waals surface area contributed by atoms with Crippen LogP contribution in [0.2, 0.25) is 0 Å². The van der Waals surface area contributed by atoms with Crippen LogP contribution in [0, 0.1) is 13.8 Å². The molecule has 0 bridgehead atoms. The van der Waals surface area contributed by atoms with Crippen LogP contribution in [0.15, 0.2) is 46.2 Å². The second kappa shape index (κ2) is 4.72. The highest BCUT2D eigenvalue weighted by molar-refractivity contribution is 7.99. The molecular weight excluding hydrogens is 232 g/mol. The maximum absolute atomic E-state index is 9.69. The van der Waals surface area contributed by atoms with Gasteiger partial charge in [-0.25, -0.2) is 0 Å². The predicted octanol–water partition coefficient (Wildman–Crippen LogP) is 3.87. The Kier molecular flexibility index (Phi) is 3.29. The molecule has 0 amide bonds. The molecule has 0 radical (unpaired) electrons. The topological polar surface area (TPSA) is 40.5 Å². The predicted molar refractivity (Wildman–Crippen MR) is 69.8 cm³/mol. The fourth-order valence-corrected chi connectivity index (χ4v) is 2.64. The highest BCUT2D eigenvalue weighted by Crippen LogP contribution is 2.33. The molecule has 0 aliphatic heterocycles. The van der Waals surface area contributed by atoms with E-state index < -0.39 is 0 Å². The van der Waals surface area contributed by atoms with E-state index in [1.807, 2.05) is 38.1 Å². The summed E-state index contributed by atoms with van der Waals surface area (Å²) >= 11 is 1.61. The molecule has 2 aromatic rings. The summed E-state index contributed by atoms with van der Waals surface area (Å²) in [5, 5.41) is 18.9. The van der Waals surface area contributed by atoms with E-state index in [0.29, 0.717) is 5.75 Å². The van der Waals surface area contributed by atoms with Gasteiger partial charge < -0.3 is 10.2 Å². The van der Waals surface area contributed by atoms with Gasteiger partial charge >= 0.3 is 0 Å². The lowest BCUT2D eigenvalue weighted by Crippen LogP contribution is -1.82. The molecule has 2 N–H and O–H groups in total. The molecule has 0 heterocycles. The van der Waals surface area contributed by atoms with Crippen LogP contribution in [0.1, 0.15) is 11.1 Å². The van der Waals surface area contributed by atoms with Crippen LogP contribution in [0.3, 0.4) is 0 Å². The smallest absolute Gasteiger partial charge is 0.121 e. The van der Waals surface area contributed by atoms with Crippen LogP contribution in [-0.2, 0) is 0 Å². The van der Waals surface area contributed by atoms with Crippen molar-refractivity contribution in [2.24, 2.45) is 0 Å². The monoisotopic (exact) mass is 246 g/mol. The molecular formula is C14H14O2S. The van der Waals surface area contributed by atoms with E-state index in [2.05, 4.69) is 0 Å². The Balaban J connectivity index is 2.27. The minimum absolute atomic E-state index is 0.271. The van der Waals surface area contributed by atoms with Crippen molar-refractivity contribution in [2.45, 2.75) is 23.6 Å². The first-order valence-corrected chi connectivity index (χ1v) is 6.15. The van der Waals surface area contributed by atoms with Crippen LogP contribution in [0.4, 0.5) is 0 Å². The van der Waals surface area contributed by atoms with E-state index in [9.17, 15) is 10.2 Å². The molecule has 3 heteroatoms. The average Bonchev–Trinajstić information content (AvgIpc) is 2.29. The summed E-state index contributed by atoms with van der Waals surface area (Å²) in [6.45, 7) is 3.78. The maximum atomic E-state index is 9.69. The summed E-state index contributed by atoms with van der Waals surface area (Å²) in [6, 6.07) is 11.0. The lowest BCUT2D eigenvalue weighted by atomic mass is 10.1. The second-order valence-electron chi connectivity index (χ2n) is 4.00. The lowest BCUT2D eigenvalue weighted by Gasteiger charge is -2.07. The van der Waals surface area contributed by atoms with Crippen LogP contribution < -0.4 is 0 Å². The Morgan fingerprint density at radius 2 is 1.35 bits per heavy atom. The highest BCUT2D eigenvalue weighted by Gasteiger charge is 2.04. The van der Waals surface area contributed by atoms with Crippen LogP contribution in [-0.4, -0.2) is 10.2 Å². The number of rotatable bonds is 2. The molecule has 17 heavy (non-hydrogen) atoms. The Labute approximate surface area is 105 Å². The Morgan fingerprint density at radius 1 is 0.824 bits per heavy atom. The molecule has 2 aromatic carbocycles. The quantitative estimate of drug-likeness (QED) is 0.845. The van der Waals surface area contributed by atoms with Crippen LogP contribution >= 0.6 is 11.8 Å². The molecule has 2 nitrogen and oxygen atoms in total. The van der Waals surface area contributed by atoms with Gasteiger partial charge in [0, 0.05) is 9.79 Å². The maximum Gasteiger partial charge on any atom is 0.121 e. The third kappa shape index (κ3) is 2.74. The lowest BCUT2D eigenvalue weighted by molar-refractivity contribution is 0.466. The van der Waals surface area contributed by atoms with Crippen molar-refractivity contribution in [3.8, 4) is 11.5 Å². The van der Waals surface area contributed by atoms with E-state index in [4.69, 9.17) is 0 Å². The molecule has 0 atom stereocenters. The van der Waals surface area contributed by atoms with Gasteiger partial charge in [0.15, 0.2) is 0 Å². The summed E-state index contributed by atoms with van der Waals surface area (Å²) in [5.74, 6) is 0.632. The zero-order valence-corrected chi connectivity index (χ0v) is 10.6. The summed E-state index contributed by atoms with van der Waals surface area (Å²) in [6.07, 6.45) is 0. The number of phenols is 2. The van der Waals surface area contributed by atoms with Gasteiger partial charge in [0.25, 0.3) is 0 Å².